The van der Waals surface area contributed by atoms with E-state index < -0.39 is 26.6 Å². The molecular formula is C13H16N2O3S2. The quantitative estimate of drug-likeness (QED) is 0.839. The van der Waals surface area contributed by atoms with Gasteiger partial charge in [0.25, 0.3) is 15.9 Å². The molecule has 1 atom stereocenters. The number of thiocarbonyl (C=S) groups is 1. The number of hydrogen-bond acceptors (Lipinski definition) is 4. The minimum absolute atomic E-state index is 0.0378. The Morgan fingerprint density at radius 2 is 1.90 bits per heavy atom. The SMILES string of the molecule is CC1(C)C(=O)N(CC(C(N)=S)c2ccccc2)S1(=O)=O. The Balaban J connectivity index is 2.29. The Labute approximate surface area is 123 Å². The summed E-state index contributed by atoms with van der Waals surface area (Å²) in [6.07, 6.45) is 0. The highest BCUT2D eigenvalue weighted by molar-refractivity contribution is 7.94. The van der Waals surface area contributed by atoms with Crippen LogP contribution in [0.4, 0.5) is 0 Å². The van der Waals surface area contributed by atoms with Crippen LogP contribution in [0.15, 0.2) is 30.3 Å². The first-order valence-corrected chi connectivity index (χ1v) is 7.95. The van der Waals surface area contributed by atoms with Crippen LogP contribution < -0.4 is 5.73 Å². The molecule has 0 aromatic heterocycles. The summed E-state index contributed by atoms with van der Waals surface area (Å²) in [7, 11) is -3.62. The summed E-state index contributed by atoms with van der Waals surface area (Å²) in [5.41, 5.74) is 6.49. The molecule has 0 aliphatic carbocycles. The van der Waals surface area contributed by atoms with E-state index >= 15 is 0 Å². The van der Waals surface area contributed by atoms with Crippen LogP contribution in [0.1, 0.15) is 25.3 Å². The fourth-order valence-electron chi connectivity index (χ4n) is 2.15. The molecular weight excluding hydrogens is 296 g/mol. The minimum Gasteiger partial charge on any atom is -0.393 e. The maximum Gasteiger partial charge on any atom is 0.258 e. The number of nitrogens with zero attached hydrogens (tertiary/aromatic N) is 1. The summed E-state index contributed by atoms with van der Waals surface area (Å²) in [4.78, 5) is 12.1. The smallest absolute Gasteiger partial charge is 0.258 e. The fraction of sp³-hybridized carbons (Fsp3) is 0.385. The monoisotopic (exact) mass is 312 g/mol. The third-order valence-electron chi connectivity index (χ3n) is 3.57. The zero-order valence-electron chi connectivity index (χ0n) is 11.2. The maximum absolute atomic E-state index is 12.1. The van der Waals surface area contributed by atoms with E-state index in [-0.39, 0.29) is 11.5 Å². The highest BCUT2D eigenvalue weighted by Gasteiger charge is 2.60. The zero-order chi connectivity index (χ0) is 15.1. The molecule has 1 unspecified atom stereocenters. The maximum atomic E-state index is 12.1. The molecule has 1 saturated heterocycles. The number of amides is 1. The molecule has 0 radical (unpaired) electrons. The molecule has 1 aromatic rings. The van der Waals surface area contributed by atoms with Gasteiger partial charge < -0.3 is 5.73 Å². The van der Waals surface area contributed by atoms with Crippen molar-refractivity contribution >= 4 is 33.1 Å². The van der Waals surface area contributed by atoms with E-state index in [1.54, 1.807) is 0 Å². The molecule has 0 saturated carbocycles. The van der Waals surface area contributed by atoms with E-state index in [1.165, 1.54) is 13.8 Å². The molecule has 0 bridgehead atoms. The van der Waals surface area contributed by atoms with Crippen molar-refractivity contribution in [3.63, 3.8) is 0 Å². The molecule has 7 heteroatoms. The first kappa shape index (κ1) is 14.9. The topological polar surface area (TPSA) is 80.5 Å². The predicted octanol–water partition coefficient (Wildman–Crippen LogP) is 1.01. The highest BCUT2D eigenvalue weighted by Crippen LogP contribution is 2.36. The highest BCUT2D eigenvalue weighted by atomic mass is 32.2. The molecule has 1 heterocycles. The second-order valence-electron chi connectivity index (χ2n) is 5.22. The third kappa shape index (κ3) is 2.10. The molecule has 20 heavy (non-hydrogen) atoms. The van der Waals surface area contributed by atoms with Crippen LogP contribution in [0, 0.1) is 0 Å². The lowest BCUT2D eigenvalue weighted by Gasteiger charge is -2.44. The van der Waals surface area contributed by atoms with Gasteiger partial charge in [-0.3, -0.25) is 4.79 Å². The lowest BCUT2D eigenvalue weighted by atomic mass is 9.98. The van der Waals surface area contributed by atoms with Gasteiger partial charge in [-0.15, -0.1) is 0 Å². The molecule has 5 nitrogen and oxygen atoms in total. The van der Waals surface area contributed by atoms with E-state index in [0.29, 0.717) is 0 Å². The number of rotatable bonds is 4. The van der Waals surface area contributed by atoms with Crippen LogP contribution in [-0.2, 0) is 14.8 Å². The average Bonchev–Trinajstić information content (AvgIpc) is 2.39. The Morgan fingerprint density at radius 3 is 2.35 bits per heavy atom. The molecule has 0 spiro atoms. The van der Waals surface area contributed by atoms with Gasteiger partial charge in [-0.05, 0) is 19.4 Å². The van der Waals surface area contributed by atoms with Gasteiger partial charge in [-0.25, -0.2) is 12.7 Å². The van der Waals surface area contributed by atoms with Crippen LogP contribution >= 0.6 is 12.2 Å². The van der Waals surface area contributed by atoms with Gasteiger partial charge in [0.15, 0.2) is 4.75 Å². The van der Waals surface area contributed by atoms with Gasteiger partial charge in [0.05, 0.1) is 17.5 Å². The van der Waals surface area contributed by atoms with E-state index in [9.17, 15) is 13.2 Å². The fourth-order valence-corrected chi connectivity index (χ4v) is 3.90. The number of carbonyl (C=O) groups is 1. The Bertz CT molecular complexity index is 653. The first-order valence-electron chi connectivity index (χ1n) is 6.10. The summed E-state index contributed by atoms with van der Waals surface area (Å²) in [5.74, 6) is -0.893. The molecule has 1 aliphatic rings. The van der Waals surface area contributed by atoms with Gasteiger partial charge >= 0.3 is 0 Å². The average molecular weight is 312 g/mol. The van der Waals surface area contributed by atoms with Gasteiger partial charge in [0.2, 0.25) is 0 Å². The van der Waals surface area contributed by atoms with E-state index in [2.05, 4.69) is 0 Å². The second kappa shape index (κ2) is 4.82. The number of carbonyl (C=O) groups excluding carboxylic acids is 1. The zero-order valence-corrected chi connectivity index (χ0v) is 12.9. The van der Waals surface area contributed by atoms with Crippen molar-refractivity contribution in [1.82, 2.24) is 4.31 Å². The van der Waals surface area contributed by atoms with Gasteiger partial charge in [0.1, 0.15) is 0 Å². The minimum atomic E-state index is -3.62. The normalized spacial score (nSPS) is 21.1. The van der Waals surface area contributed by atoms with Gasteiger partial charge in [-0.1, -0.05) is 42.5 Å². The summed E-state index contributed by atoms with van der Waals surface area (Å²) in [5, 5.41) is 0. The predicted molar refractivity (Wildman–Crippen MR) is 80.7 cm³/mol. The van der Waals surface area contributed by atoms with Crippen molar-refractivity contribution in [3.05, 3.63) is 35.9 Å². The third-order valence-corrected chi connectivity index (χ3v) is 6.21. The molecule has 1 amide bonds. The number of sulfonamides is 1. The summed E-state index contributed by atoms with van der Waals surface area (Å²) in [6, 6.07) is 9.10. The molecule has 108 valence electrons. The second-order valence-corrected chi connectivity index (χ2v) is 8.10. The van der Waals surface area contributed by atoms with Crippen LogP contribution in [0.25, 0.3) is 0 Å². The van der Waals surface area contributed by atoms with Crippen molar-refractivity contribution in [2.75, 3.05) is 6.54 Å². The van der Waals surface area contributed by atoms with Crippen molar-refractivity contribution in [2.24, 2.45) is 5.73 Å². The first-order chi connectivity index (χ1) is 9.19. The number of nitrogens with two attached hydrogens (primary N) is 1. The van der Waals surface area contributed by atoms with Crippen LogP contribution in [0.3, 0.4) is 0 Å². The Kier molecular flexibility index (Phi) is 3.60. The van der Waals surface area contributed by atoms with Crippen molar-refractivity contribution in [1.29, 1.82) is 0 Å². The van der Waals surface area contributed by atoms with Crippen LogP contribution in [-0.4, -0.2) is 34.9 Å². The lowest BCUT2D eigenvalue weighted by molar-refractivity contribution is -0.132. The molecule has 2 N–H and O–H groups in total. The van der Waals surface area contributed by atoms with Gasteiger partial charge in [-0.2, -0.15) is 0 Å². The van der Waals surface area contributed by atoms with E-state index in [4.69, 9.17) is 18.0 Å². The molecule has 1 fully saturated rings. The van der Waals surface area contributed by atoms with Gasteiger partial charge in [0, 0.05) is 0 Å². The summed E-state index contributed by atoms with van der Waals surface area (Å²) >= 11 is 5.01. The van der Waals surface area contributed by atoms with Crippen molar-refractivity contribution in [3.8, 4) is 0 Å². The standard InChI is InChI=1S/C13H16N2O3S2/c1-13(2)12(16)15(20(13,17)18)8-10(11(14)19)9-6-4-3-5-7-9/h3-7,10H,8H2,1-2H3,(H2,14,19). The Morgan fingerprint density at radius 1 is 1.35 bits per heavy atom. The van der Waals surface area contributed by atoms with Crippen molar-refractivity contribution < 1.29 is 13.2 Å². The molecule has 2 rings (SSSR count). The number of benzene rings is 1. The molecule has 1 aliphatic heterocycles. The van der Waals surface area contributed by atoms with Crippen LogP contribution in [0.5, 0.6) is 0 Å². The molecule has 1 aromatic carbocycles. The Hall–Kier alpha value is -1.47. The van der Waals surface area contributed by atoms with E-state index in [0.717, 1.165) is 9.87 Å². The lowest BCUT2D eigenvalue weighted by Crippen LogP contribution is -2.68. The summed E-state index contributed by atoms with van der Waals surface area (Å²) in [6.45, 7) is 2.77. The van der Waals surface area contributed by atoms with E-state index in [1.807, 2.05) is 30.3 Å². The summed E-state index contributed by atoms with van der Waals surface area (Å²) < 4.78 is 23.7. The number of hydrogen-bond donors (Lipinski definition) is 1. The van der Waals surface area contributed by atoms with Crippen LogP contribution in [0.2, 0.25) is 0 Å². The van der Waals surface area contributed by atoms with Crippen molar-refractivity contribution in [2.45, 2.75) is 24.5 Å². The largest absolute Gasteiger partial charge is 0.393 e.